The van der Waals surface area contributed by atoms with Crippen molar-refractivity contribution in [3.8, 4) is 11.5 Å². The molecule has 0 bridgehead atoms. The van der Waals surface area contributed by atoms with E-state index in [0.29, 0.717) is 40.4 Å². The predicted octanol–water partition coefficient (Wildman–Crippen LogP) is 4.43. The van der Waals surface area contributed by atoms with E-state index in [4.69, 9.17) is 37.4 Å². The van der Waals surface area contributed by atoms with Crippen LogP contribution in [0, 0.1) is 0 Å². The Hall–Kier alpha value is -1.95. The minimum atomic E-state index is -0.312. The van der Waals surface area contributed by atoms with Gasteiger partial charge >= 0.3 is 0 Å². The Morgan fingerprint density at radius 3 is 2.72 bits per heavy atom. The van der Waals surface area contributed by atoms with E-state index >= 15 is 0 Å². The zero-order chi connectivity index (χ0) is 18.1. The summed E-state index contributed by atoms with van der Waals surface area (Å²) in [6.45, 7) is 1.00. The molecule has 0 heterocycles. The fourth-order valence-corrected chi connectivity index (χ4v) is 2.32. The standard InChI is InChI=1S/C18H19Cl2NO4/c1-23-8-3-9-24-15-5-2-4-14(11-15)21-18(22)12-25-17-10-13(19)6-7-16(17)20/h2,4-7,10-11H,3,8-9,12H2,1H3,(H,21,22). The number of nitrogens with one attached hydrogen (secondary N) is 1. The van der Waals surface area contributed by atoms with Gasteiger partial charge in [0.2, 0.25) is 0 Å². The molecule has 0 spiro atoms. The normalized spacial score (nSPS) is 10.4. The van der Waals surface area contributed by atoms with Crippen LogP contribution in [-0.4, -0.2) is 32.8 Å². The summed E-state index contributed by atoms with van der Waals surface area (Å²) in [6.07, 6.45) is 0.793. The molecule has 2 rings (SSSR count). The minimum absolute atomic E-state index is 0.182. The van der Waals surface area contributed by atoms with Crippen LogP contribution >= 0.6 is 23.2 Å². The monoisotopic (exact) mass is 383 g/mol. The maximum absolute atomic E-state index is 12.0. The van der Waals surface area contributed by atoms with Crippen LogP contribution in [0.1, 0.15) is 6.42 Å². The van der Waals surface area contributed by atoms with Crippen molar-refractivity contribution in [2.75, 3.05) is 32.2 Å². The smallest absolute Gasteiger partial charge is 0.262 e. The lowest BCUT2D eigenvalue weighted by Gasteiger charge is -2.10. The number of hydrogen-bond donors (Lipinski definition) is 1. The fourth-order valence-electron chi connectivity index (χ4n) is 1.99. The molecule has 0 aliphatic rings. The maximum atomic E-state index is 12.0. The van der Waals surface area contributed by atoms with Gasteiger partial charge in [-0.25, -0.2) is 0 Å². The Bertz CT molecular complexity index is 709. The third-order valence-corrected chi connectivity index (χ3v) is 3.68. The number of carbonyl (C=O) groups excluding carboxylic acids is 1. The van der Waals surface area contributed by atoms with Crippen molar-refractivity contribution >= 4 is 34.8 Å². The van der Waals surface area contributed by atoms with Crippen LogP contribution in [0.2, 0.25) is 10.0 Å². The van der Waals surface area contributed by atoms with Crippen molar-refractivity contribution in [2.45, 2.75) is 6.42 Å². The number of ether oxygens (including phenoxy) is 3. The highest BCUT2D eigenvalue weighted by molar-refractivity contribution is 6.34. The van der Waals surface area contributed by atoms with Crippen LogP contribution < -0.4 is 14.8 Å². The first-order chi connectivity index (χ1) is 12.1. The van der Waals surface area contributed by atoms with Gasteiger partial charge in [-0.3, -0.25) is 4.79 Å². The molecule has 0 aromatic heterocycles. The van der Waals surface area contributed by atoms with Crippen molar-refractivity contribution in [2.24, 2.45) is 0 Å². The van der Waals surface area contributed by atoms with E-state index in [-0.39, 0.29) is 12.5 Å². The van der Waals surface area contributed by atoms with Crippen LogP contribution in [0.5, 0.6) is 11.5 Å². The predicted molar refractivity (Wildman–Crippen MR) is 99.0 cm³/mol. The van der Waals surface area contributed by atoms with Crippen LogP contribution in [0.15, 0.2) is 42.5 Å². The second kappa shape index (κ2) is 10.1. The third-order valence-electron chi connectivity index (χ3n) is 3.13. The summed E-state index contributed by atoms with van der Waals surface area (Å²) in [4.78, 5) is 12.0. The third kappa shape index (κ3) is 6.82. The van der Waals surface area contributed by atoms with Gasteiger partial charge in [0, 0.05) is 43.0 Å². The van der Waals surface area contributed by atoms with E-state index in [1.807, 2.05) is 6.07 Å². The first-order valence-electron chi connectivity index (χ1n) is 7.68. The summed E-state index contributed by atoms with van der Waals surface area (Å²) in [5, 5.41) is 3.62. The van der Waals surface area contributed by atoms with Gasteiger partial charge in [0.1, 0.15) is 11.5 Å². The van der Waals surface area contributed by atoms with E-state index in [1.54, 1.807) is 43.5 Å². The van der Waals surface area contributed by atoms with Gasteiger partial charge in [-0.1, -0.05) is 29.3 Å². The first kappa shape index (κ1) is 19.4. The molecule has 134 valence electrons. The van der Waals surface area contributed by atoms with Gasteiger partial charge in [0.05, 0.1) is 11.6 Å². The lowest BCUT2D eigenvalue weighted by molar-refractivity contribution is -0.118. The van der Waals surface area contributed by atoms with Crippen LogP contribution in [0.25, 0.3) is 0 Å². The summed E-state index contributed by atoms with van der Waals surface area (Å²) in [5.74, 6) is 0.722. The number of hydrogen-bond acceptors (Lipinski definition) is 4. The summed E-state index contributed by atoms with van der Waals surface area (Å²) < 4.78 is 16.0. The lowest BCUT2D eigenvalue weighted by atomic mass is 10.3. The highest BCUT2D eigenvalue weighted by Gasteiger charge is 2.08. The molecule has 0 unspecified atom stereocenters. The molecule has 0 fully saturated rings. The van der Waals surface area contributed by atoms with E-state index in [9.17, 15) is 4.79 Å². The molecule has 0 aliphatic heterocycles. The summed E-state index contributed by atoms with van der Waals surface area (Å²) >= 11 is 11.9. The fraction of sp³-hybridized carbons (Fsp3) is 0.278. The summed E-state index contributed by atoms with van der Waals surface area (Å²) in [7, 11) is 1.65. The number of amides is 1. The molecule has 25 heavy (non-hydrogen) atoms. The van der Waals surface area contributed by atoms with E-state index in [2.05, 4.69) is 5.32 Å². The van der Waals surface area contributed by atoms with Crippen molar-refractivity contribution in [3.63, 3.8) is 0 Å². The second-order valence-electron chi connectivity index (χ2n) is 5.13. The number of carbonyl (C=O) groups is 1. The molecule has 7 heteroatoms. The molecule has 2 aromatic rings. The SMILES string of the molecule is COCCCOc1cccc(NC(=O)COc2cc(Cl)ccc2Cl)c1. The molecule has 1 N–H and O–H groups in total. The molecule has 2 aromatic carbocycles. The molecular formula is C18H19Cl2NO4. The zero-order valence-corrected chi connectivity index (χ0v) is 15.3. The van der Waals surface area contributed by atoms with Gasteiger partial charge in [-0.05, 0) is 24.3 Å². The second-order valence-corrected chi connectivity index (χ2v) is 5.98. The highest BCUT2D eigenvalue weighted by Crippen LogP contribution is 2.27. The number of methoxy groups -OCH3 is 1. The molecule has 5 nitrogen and oxygen atoms in total. The number of halogens is 2. The Labute approximate surface area is 156 Å². The average molecular weight is 384 g/mol. The van der Waals surface area contributed by atoms with E-state index in [1.165, 1.54) is 0 Å². The van der Waals surface area contributed by atoms with E-state index < -0.39 is 0 Å². The molecule has 0 radical (unpaired) electrons. The van der Waals surface area contributed by atoms with Crippen molar-refractivity contribution in [1.29, 1.82) is 0 Å². The van der Waals surface area contributed by atoms with Gasteiger partial charge in [-0.2, -0.15) is 0 Å². The Kier molecular flexibility index (Phi) is 7.85. The summed E-state index contributed by atoms with van der Waals surface area (Å²) in [5.41, 5.74) is 0.620. The van der Waals surface area contributed by atoms with E-state index in [0.717, 1.165) is 6.42 Å². The minimum Gasteiger partial charge on any atom is -0.493 e. The van der Waals surface area contributed by atoms with Crippen molar-refractivity contribution in [1.82, 2.24) is 0 Å². The maximum Gasteiger partial charge on any atom is 0.262 e. The average Bonchev–Trinajstić information content (AvgIpc) is 2.60. The van der Waals surface area contributed by atoms with Crippen LogP contribution in [0.3, 0.4) is 0 Å². The lowest BCUT2D eigenvalue weighted by Crippen LogP contribution is -2.20. The van der Waals surface area contributed by atoms with Gasteiger partial charge in [-0.15, -0.1) is 0 Å². The topological polar surface area (TPSA) is 56.8 Å². The van der Waals surface area contributed by atoms with Crippen LogP contribution in [0.4, 0.5) is 5.69 Å². The molecule has 0 saturated heterocycles. The van der Waals surface area contributed by atoms with Gasteiger partial charge < -0.3 is 19.5 Å². The molecule has 0 aliphatic carbocycles. The van der Waals surface area contributed by atoms with Gasteiger partial charge in [0.25, 0.3) is 5.91 Å². The molecule has 0 atom stereocenters. The zero-order valence-electron chi connectivity index (χ0n) is 13.8. The summed E-state index contributed by atoms with van der Waals surface area (Å²) in [6, 6.07) is 12.0. The van der Waals surface area contributed by atoms with Crippen molar-refractivity contribution in [3.05, 3.63) is 52.5 Å². The quantitative estimate of drug-likeness (QED) is 0.650. The first-order valence-corrected chi connectivity index (χ1v) is 8.43. The van der Waals surface area contributed by atoms with Crippen molar-refractivity contribution < 1.29 is 19.0 Å². The number of anilines is 1. The Balaban J connectivity index is 1.84. The molecule has 0 saturated carbocycles. The van der Waals surface area contributed by atoms with Gasteiger partial charge in [0.15, 0.2) is 6.61 Å². The van der Waals surface area contributed by atoms with Crippen LogP contribution in [-0.2, 0) is 9.53 Å². The Morgan fingerprint density at radius 1 is 1.08 bits per heavy atom. The highest BCUT2D eigenvalue weighted by atomic mass is 35.5. The molecular weight excluding hydrogens is 365 g/mol. The number of benzene rings is 2. The largest absolute Gasteiger partial charge is 0.493 e. The molecule has 1 amide bonds. The number of rotatable bonds is 9. The Morgan fingerprint density at radius 2 is 1.92 bits per heavy atom.